The third-order valence-electron chi connectivity index (χ3n) is 3.03. The average molecular weight is 278 g/mol. The number of benzene rings is 1. The highest BCUT2D eigenvalue weighted by Gasteiger charge is 2.20. The maximum Gasteiger partial charge on any atom is 0.234 e. The molecule has 5 heteroatoms. The number of para-hydroxylation sites is 1. The molecule has 2 heterocycles. The highest BCUT2D eigenvalue weighted by atomic mass is 35.5. The van der Waals surface area contributed by atoms with Crippen LogP contribution in [0.5, 0.6) is 0 Å². The number of halogens is 1. The number of nitrogens with zero attached hydrogens (tertiary/aromatic N) is 1. The largest absolute Gasteiger partial charge is 0.460 e. The second-order valence-electron chi connectivity index (χ2n) is 4.58. The molecule has 0 aliphatic carbocycles. The van der Waals surface area contributed by atoms with Crippen molar-refractivity contribution in [3.8, 4) is 0 Å². The first-order chi connectivity index (χ1) is 9.09. The third kappa shape index (κ3) is 1.84. The SMILES string of the molecule is CN(C)C(Cl)c1coc2c(oc3ccccc32)c1=O. The van der Waals surface area contributed by atoms with E-state index in [1.165, 1.54) is 6.26 Å². The quantitative estimate of drug-likeness (QED) is 0.532. The fraction of sp³-hybridized carbons (Fsp3) is 0.214. The normalized spacial score (nSPS) is 13.5. The summed E-state index contributed by atoms with van der Waals surface area (Å²) in [5, 5.41) is 0.789. The zero-order valence-electron chi connectivity index (χ0n) is 10.5. The molecule has 0 saturated carbocycles. The maximum absolute atomic E-state index is 12.4. The summed E-state index contributed by atoms with van der Waals surface area (Å²) in [6.07, 6.45) is 1.41. The smallest absolute Gasteiger partial charge is 0.234 e. The number of hydrogen-bond acceptors (Lipinski definition) is 4. The number of fused-ring (bicyclic) bond motifs is 3. The molecule has 3 rings (SSSR count). The Balaban J connectivity index is 2.34. The zero-order valence-corrected chi connectivity index (χ0v) is 11.3. The van der Waals surface area contributed by atoms with Crippen LogP contribution in [-0.4, -0.2) is 19.0 Å². The molecular formula is C14H12ClNO3. The molecule has 98 valence electrons. The Morgan fingerprint density at radius 2 is 1.95 bits per heavy atom. The van der Waals surface area contributed by atoms with Gasteiger partial charge < -0.3 is 8.83 Å². The molecule has 2 aromatic heterocycles. The highest BCUT2D eigenvalue weighted by Crippen LogP contribution is 2.29. The fourth-order valence-electron chi connectivity index (χ4n) is 2.04. The molecule has 3 aromatic rings. The Bertz CT molecular complexity index is 803. The Kier molecular flexibility index (Phi) is 2.84. The van der Waals surface area contributed by atoms with Crippen LogP contribution < -0.4 is 5.43 Å². The molecular weight excluding hydrogens is 266 g/mol. The lowest BCUT2D eigenvalue weighted by Gasteiger charge is -2.15. The molecule has 1 unspecified atom stereocenters. The van der Waals surface area contributed by atoms with Gasteiger partial charge in [0, 0.05) is 0 Å². The standard InChI is InChI=1S/C14H12ClNO3/c1-16(2)14(15)9-7-18-12-8-5-3-4-6-10(8)19-13(12)11(9)17/h3-7,14H,1-2H3. The first kappa shape index (κ1) is 12.3. The molecule has 0 fully saturated rings. The van der Waals surface area contributed by atoms with E-state index in [0.29, 0.717) is 16.7 Å². The van der Waals surface area contributed by atoms with E-state index in [1.807, 2.05) is 18.2 Å². The summed E-state index contributed by atoms with van der Waals surface area (Å²) in [7, 11) is 3.58. The van der Waals surface area contributed by atoms with Crippen molar-refractivity contribution < 1.29 is 8.83 Å². The van der Waals surface area contributed by atoms with Crippen LogP contribution in [0.25, 0.3) is 22.1 Å². The van der Waals surface area contributed by atoms with E-state index >= 15 is 0 Å². The van der Waals surface area contributed by atoms with E-state index in [4.69, 9.17) is 20.4 Å². The van der Waals surface area contributed by atoms with Crippen molar-refractivity contribution in [3.63, 3.8) is 0 Å². The summed E-state index contributed by atoms with van der Waals surface area (Å²) in [5.41, 5.74) is 0.905. The lowest BCUT2D eigenvalue weighted by Crippen LogP contribution is -2.21. The van der Waals surface area contributed by atoms with Gasteiger partial charge in [0.15, 0.2) is 5.58 Å². The van der Waals surface area contributed by atoms with Gasteiger partial charge in [0.1, 0.15) is 17.3 Å². The van der Waals surface area contributed by atoms with Crippen LogP contribution in [0.2, 0.25) is 0 Å². The lowest BCUT2D eigenvalue weighted by molar-refractivity contribution is 0.377. The molecule has 0 aliphatic heterocycles. The molecule has 0 N–H and O–H groups in total. The van der Waals surface area contributed by atoms with Gasteiger partial charge in [0.2, 0.25) is 11.0 Å². The van der Waals surface area contributed by atoms with Crippen molar-refractivity contribution in [3.05, 3.63) is 46.3 Å². The van der Waals surface area contributed by atoms with Crippen molar-refractivity contribution in [1.82, 2.24) is 4.90 Å². The maximum atomic E-state index is 12.4. The number of rotatable bonds is 2. The molecule has 0 radical (unpaired) electrons. The van der Waals surface area contributed by atoms with Gasteiger partial charge in [-0.05, 0) is 26.2 Å². The van der Waals surface area contributed by atoms with Gasteiger partial charge in [-0.15, -0.1) is 11.6 Å². The first-order valence-corrected chi connectivity index (χ1v) is 6.26. The topological polar surface area (TPSA) is 46.6 Å². The number of hydrogen-bond donors (Lipinski definition) is 0. The molecule has 19 heavy (non-hydrogen) atoms. The minimum atomic E-state index is -0.547. The van der Waals surface area contributed by atoms with Gasteiger partial charge in [-0.25, -0.2) is 0 Å². The lowest BCUT2D eigenvalue weighted by atomic mass is 10.2. The molecule has 1 atom stereocenters. The Morgan fingerprint density at radius 3 is 2.68 bits per heavy atom. The van der Waals surface area contributed by atoms with Gasteiger partial charge >= 0.3 is 0 Å². The van der Waals surface area contributed by atoms with Crippen LogP contribution >= 0.6 is 11.6 Å². The van der Waals surface area contributed by atoms with Crippen molar-refractivity contribution >= 4 is 33.7 Å². The van der Waals surface area contributed by atoms with Crippen molar-refractivity contribution in [2.24, 2.45) is 0 Å². The van der Waals surface area contributed by atoms with Crippen LogP contribution in [0.4, 0.5) is 0 Å². The van der Waals surface area contributed by atoms with Gasteiger partial charge in [-0.2, -0.15) is 0 Å². The molecule has 0 bridgehead atoms. The summed E-state index contributed by atoms with van der Waals surface area (Å²) >= 11 is 6.17. The summed E-state index contributed by atoms with van der Waals surface area (Å²) in [6.45, 7) is 0. The predicted octanol–water partition coefficient (Wildman–Crippen LogP) is 3.34. The number of alkyl halides is 1. The summed E-state index contributed by atoms with van der Waals surface area (Å²) < 4.78 is 11.1. The molecule has 0 aliphatic rings. The summed E-state index contributed by atoms with van der Waals surface area (Å²) in [4.78, 5) is 14.1. The van der Waals surface area contributed by atoms with E-state index < -0.39 is 5.50 Å². The van der Waals surface area contributed by atoms with E-state index in [9.17, 15) is 4.79 Å². The van der Waals surface area contributed by atoms with Crippen molar-refractivity contribution in [1.29, 1.82) is 0 Å². The van der Waals surface area contributed by atoms with Crippen LogP contribution in [0.15, 0.2) is 44.2 Å². The van der Waals surface area contributed by atoms with E-state index in [1.54, 1.807) is 25.1 Å². The van der Waals surface area contributed by atoms with Crippen LogP contribution in [0.1, 0.15) is 11.1 Å². The number of furan rings is 1. The Morgan fingerprint density at radius 1 is 1.21 bits per heavy atom. The molecule has 0 spiro atoms. The minimum Gasteiger partial charge on any atom is -0.460 e. The Hall–Kier alpha value is -1.78. The predicted molar refractivity (Wildman–Crippen MR) is 74.5 cm³/mol. The van der Waals surface area contributed by atoms with Crippen molar-refractivity contribution in [2.75, 3.05) is 14.1 Å². The van der Waals surface area contributed by atoms with Crippen LogP contribution in [-0.2, 0) is 0 Å². The van der Waals surface area contributed by atoms with Gasteiger partial charge in [-0.3, -0.25) is 9.69 Å². The monoisotopic (exact) mass is 277 g/mol. The Labute approximate surface area is 114 Å². The van der Waals surface area contributed by atoms with Crippen LogP contribution in [0.3, 0.4) is 0 Å². The third-order valence-corrected chi connectivity index (χ3v) is 3.66. The molecule has 0 saturated heterocycles. The van der Waals surface area contributed by atoms with E-state index in [0.717, 1.165) is 5.39 Å². The van der Waals surface area contributed by atoms with Gasteiger partial charge in [0.05, 0.1) is 10.9 Å². The summed E-state index contributed by atoms with van der Waals surface area (Å²) in [5.74, 6) is 0. The molecule has 4 nitrogen and oxygen atoms in total. The molecule has 1 aromatic carbocycles. The van der Waals surface area contributed by atoms with Gasteiger partial charge in [0.25, 0.3) is 0 Å². The van der Waals surface area contributed by atoms with Crippen LogP contribution in [0, 0.1) is 0 Å². The second-order valence-corrected chi connectivity index (χ2v) is 4.99. The van der Waals surface area contributed by atoms with E-state index in [2.05, 4.69) is 0 Å². The summed E-state index contributed by atoms with van der Waals surface area (Å²) in [6, 6.07) is 7.37. The molecule has 0 amide bonds. The zero-order chi connectivity index (χ0) is 13.6. The average Bonchev–Trinajstić information content (AvgIpc) is 2.78. The van der Waals surface area contributed by atoms with Crippen molar-refractivity contribution in [2.45, 2.75) is 5.50 Å². The highest BCUT2D eigenvalue weighted by molar-refractivity contribution is 6.20. The minimum absolute atomic E-state index is 0.214. The first-order valence-electron chi connectivity index (χ1n) is 5.83. The van der Waals surface area contributed by atoms with E-state index in [-0.39, 0.29) is 11.0 Å². The van der Waals surface area contributed by atoms with Gasteiger partial charge in [-0.1, -0.05) is 12.1 Å². The fourth-order valence-corrected chi connectivity index (χ4v) is 2.19. The second kappa shape index (κ2) is 4.40.